The molecule has 1 atom stereocenters. The van der Waals surface area contributed by atoms with E-state index in [-0.39, 0.29) is 6.04 Å². The molecule has 0 saturated carbocycles. The lowest BCUT2D eigenvalue weighted by Gasteiger charge is -2.35. The van der Waals surface area contributed by atoms with E-state index in [1.165, 1.54) is 33.0 Å². The quantitative estimate of drug-likeness (QED) is 0.547. The topological polar surface area (TPSA) is 28.2 Å². The van der Waals surface area contributed by atoms with Gasteiger partial charge in [0.25, 0.3) is 0 Å². The average molecular weight is 380 g/mol. The van der Waals surface area contributed by atoms with Gasteiger partial charge in [0.1, 0.15) is 0 Å². The van der Waals surface area contributed by atoms with Crippen molar-refractivity contribution in [2.75, 3.05) is 26.2 Å². The number of nitrogens with zero attached hydrogens (tertiary/aromatic N) is 2. The lowest BCUT2D eigenvalue weighted by molar-refractivity contribution is 0.198. The fourth-order valence-corrected chi connectivity index (χ4v) is 4.31. The number of fused-ring (bicyclic) bond motifs is 1. The third kappa shape index (κ3) is 3.80. The van der Waals surface area contributed by atoms with Crippen molar-refractivity contribution in [1.29, 1.82) is 0 Å². The molecule has 144 valence electrons. The van der Waals surface area contributed by atoms with Gasteiger partial charge < -0.3 is 5.32 Å². The van der Waals surface area contributed by atoms with E-state index in [9.17, 15) is 0 Å². The molecule has 1 unspecified atom stereocenters. The van der Waals surface area contributed by atoms with Crippen LogP contribution in [0.2, 0.25) is 0 Å². The molecular formula is C26H25N3. The third-order valence-electron chi connectivity index (χ3n) is 5.83. The number of benzene rings is 3. The predicted molar refractivity (Wildman–Crippen MR) is 120 cm³/mol. The summed E-state index contributed by atoms with van der Waals surface area (Å²) in [6, 6.07) is 28.8. The zero-order chi connectivity index (χ0) is 19.5. The van der Waals surface area contributed by atoms with Crippen LogP contribution in [-0.2, 0) is 0 Å². The highest BCUT2D eigenvalue weighted by atomic mass is 15.2. The van der Waals surface area contributed by atoms with Crippen LogP contribution in [0.3, 0.4) is 0 Å². The van der Waals surface area contributed by atoms with Crippen LogP contribution in [0.25, 0.3) is 21.9 Å². The largest absolute Gasteiger partial charge is 0.314 e. The first kappa shape index (κ1) is 18.0. The molecule has 0 amide bonds. The number of aromatic nitrogens is 1. The first-order valence-corrected chi connectivity index (χ1v) is 10.3. The van der Waals surface area contributed by atoms with Crippen molar-refractivity contribution >= 4 is 10.8 Å². The van der Waals surface area contributed by atoms with E-state index in [4.69, 9.17) is 0 Å². The molecule has 3 aromatic carbocycles. The number of pyridine rings is 1. The molecule has 0 radical (unpaired) electrons. The van der Waals surface area contributed by atoms with Gasteiger partial charge in [-0.05, 0) is 39.8 Å². The van der Waals surface area contributed by atoms with E-state index in [0.29, 0.717) is 0 Å². The molecule has 3 heteroatoms. The fourth-order valence-electron chi connectivity index (χ4n) is 4.31. The molecule has 1 aliphatic heterocycles. The van der Waals surface area contributed by atoms with Crippen molar-refractivity contribution in [1.82, 2.24) is 15.2 Å². The second kappa shape index (κ2) is 8.16. The van der Waals surface area contributed by atoms with E-state index in [0.717, 1.165) is 26.2 Å². The monoisotopic (exact) mass is 379 g/mol. The Balaban J connectivity index is 1.54. The molecule has 3 nitrogen and oxygen atoms in total. The summed E-state index contributed by atoms with van der Waals surface area (Å²) in [5.41, 5.74) is 5.21. The number of nitrogens with one attached hydrogen (secondary N) is 1. The average Bonchev–Trinajstić information content (AvgIpc) is 2.81. The van der Waals surface area contributed by atoms with Gasteiger partial charge in [0.05, 0.1) is 6.04 Å². The van der Waals surface area contributed by atoms with E-state index in [2.05, 4.69) is 94.1 Å². The van der Waals surface area contributed by atoms with Crippen LogP contribution in [0.15, 0.2) is 91.3 Å². The highest BCUT2D eigenvalue weighted by molar-refractivity contribution is 5.82. The van der Waals surface area contributed by atoms with Crippen LogP contribution in [-0.4, -0.2) is 36.1 Å². The summed E-state index contributed by atoms with van der Waals surface area (Å²) in [5, 5.41) is 5.92. The van der Waals surface area contributed by atoms with Crippen molar-refractivity contribution in [2.45, 2.75) is 6.04 Å². The molecule has 0 aliphatic carbocycles. The predicted octanol–water partition coefficient (Wildman–Crippen LogP) is 4.90. The standard InChI is InChI=1S/C26H25N3/c1-2-4-20(5-3-1)21-6-8-22(9-7-21)26(29-16-14-27-15-17-29)24-10-11-25-19-28-13-12-23(25)18-24/h1-13,18-19,26-27H,14-17H2. The Morgan fingerprint density at radius 3 is 2.24 bits per heavy atom. The normalized spacial score (nSPS) is 16.0. The summed E-state index contributed by atoms with van der Waals surface area (Å²) in [6.07, 6.45) is 3.81. The zero-order valence-electron chi connectivity index (χ0n) is 16.5. The minimum Gasteiger partial charge on any atom is -0.314 e. The van der Waals surface area contributed by atoms with Gasteiger partial charge >= 0.3 is 0 Å². The van der Waals surface area contributed by atoms with E-state index < -0.39 is 0 Å². The van der Waals surface area contributed by atoms with Crippen LogP contribution < -0.4 is 5.32 Å². The maximum Gasteiger partial charge on any atom is 0.0602 e. The molecule has 1 aromatic heterocycles. The number of rotatable bonds is 4. The van der Waals surface area contributed by atoms with Gasteiger partial charge in [-0.15, -0.1) is 0 Å². The SMILES string of the molecule is c1ccc(-c2ccc(C(c3ccc4cnccc4c3)N3CCNCC3)cc2)cc1. The van der Waals surface area contributed by atoms with Crippen molar-refractivity contribution in [3.8, 4) is 11.1 Å². The van der Waals surface area contributed by atoms with Crippen LogP contribution in [0, 0.1) is 0 Å². The third-order valence-corrected chi connectivity index (χ3v) is 5.83. The molecule has 2 heterocycles. The van der Waals surface area contributed by atoms with E-state index >= 15 is 0 Å². The summed E-state index contributed by atoms with van der Waals surface area (Å²) >= 11 is 0. The number of hydrogen-bond donors (Lipinski definition) is 1. The number of hydrogen-bond acceptors (Lipinski definition) is 3. The van der Waals surface area contributed by atoms with Crippen LogP contribution in [0.1, 0.15) is 17.2 Å². The highest BCUT2D eigenvalue weighted by Gasteiger charge is 2.24. The maximum atomic E-state index is 4.26. The molecule has 1 fully saturated rings. The number of piperazine rings is 1. The van der Waals surface area contributed by atoms with Crippen LogP contribution in [0.5, 0.6) is 0 Å². The summed E-state index contributed by atoms with van der Waals surface area (Å²) < 4.78 is 0. The Bertz CT molecular complexity index is 1080. The van der Waals surface area contributed by atoms with Crippen molar-refractivity contribution in [3.63, 3.8) is 0 Å². The van der Waals surface area contributed by atoms with E-state index in [1.807, 2.05) is 12.4 Å². The van der Waals surface area contributed by atoms with Crippen LogP contribution >= 0.6 is 0 Å². The minimum absolute atomic E-state index is 0.263. The molecule has 1 saturated heterocycles. The Labute approximate surface area is 172 Å². The van der Waals surface area contributed by atoms with Crippen LogP contribution in [0.4, 0.5) is 0 Å². The molecule has 5 rings (SSSR count). The summed E-state index contributed by atoms with van der Waals surface area (Å²) in [7, 11) is 0. The molecule has 1 aliphatic rings. The lowest BCUT2D eigenvalue weighted by atomic mass is 9.93. The molecule has 0 spiro atoms. The Kier molecular flexibility index (Phi) is 5.08. The summed E-state index contributed by atoms with van der Waals surface area (Å²) in [6.45, 7) is 4.19. The molecule has 4 aromatic rings. The molecule has 1 N–H and O–H groups in total. The van der Waals surface area contributed by atoms with Crippen molar-refractivity contribution < 1.29 is 0 Å². The van der Waals surface area contributed by atoms with Gasteiger partial charge in [-0.3, -0.25) is 9.88 Å². The minimum atomic E-state index is 0.263. The van der Waals surface area contributed by atoms with Gasteiger partial charge in [-0.2, -0.15) is 0 Å². The fraction of sp³-hybridized carbons (Fsp3) is 0.192. The first-order valence-electron chi connectivity index (χ1n) is 10.3. The Hall–Kier alpha value is -3.01. The second-order valence-electron chi connectivity index (χ2n) is 7.66. The van der Waals surface area contributed by atoms with Crippen molar-refractivity contribution in [3.05, 3.63) is 102 Å². The van der Waals surface area contributed by atoms with Gasteiger partial charge in [0, 0.05) is 44.0 Å². The van der Waals surface area contributed by atoms with Gasteiger partial charge in [-0.1, -0.05) is 66.7 Å². The molecular weight excluding hydrogens is 354 g/mol. The lowest BCUT2D eigenvalue weighted by Crippen LogP contribution is -2.45. The van der Waals surface area contributed by atoms with E-state index in [1.54, 1.807) is 0 Å². The molecule has 29 heavy (non-hydrogen) atoms. The highest BCUT2D eigenvalue weighted by Crippen LogP contribution is 2.32. The Morgan fingerprint density at radius 2 is 1.45 bits per heavy atom. The second-order valence-corrected chi connectivity index (χ2v) is 7.66. The zero-order valence-corrected chi connectivity index (χ0v) is 16.5. The summed E-state index contributed by atoms with van der Waals surface area (Å²) in [5.74, 6) is 0. The van der Waals surface area contributed by atoms with Gasteiger partial charge in [0.15, 0.2) is 0 Å². The maximum absolute atomic E-state index is 4.26. The van der Waals surface area contributed by atoms with Crippen molar-refractivity contribution in [2.24, 2.45) is 0 Å². The smallest absolute Gasteiger partial charge is 0.0602 e. The first-order chi connectivity index (χ1) is 14.4. The summed E-state index contributed by atoms with van der Waals surface area (Å²) in [4.78, 5) is 6.85. The van der Waals surface area contributed by atoms with Gasteiger partial charge in [-0.25, -0.2) is 0 Å². The molecule has 0 bridgehead atoms. The Morgan fingerprint density at radius 1 is 0.724 bits per heavy atom. The van der Waals surface area contributed by atoms with Gasteiger partial charge in [0.2, 0.25) is 0 Å².